The molecule has 0 unspecified atom stereocenters. The summed E-state index contributed by atoms with van der Waals surface area (Å²) < 4.78 is 5.42. The number of hydrogen-bond acceptors (Lipinski definition) is 4. The van der Waals surface area contributed by atoms with Gasteiger partial charge in [-0.1, -0.05) is 48.5 Å². The molecular formula is C28H26N2O2. The van der Waals surface area contributed by atoms with Crippen LogP contribution in [0.2, 0.25) is 0 Å². The highest BCUT2D eigenvalue weighted by molar-refractivity contribution is 6.02. The maximum atomic E-state index is 9.51. The molecule has 1 N–H and O–H groups in total. The number of benzene rings is 4. The first-order valence-corrected chi connectivity index (χ1v) is 10.5. The summed E-state index contributed by atoms with van der Waals surface area (Å²) in [6.45, 7) is 4.04. The smallest absolute Gasteiger partial charge is 0.122 e. The zero-order valence-corrected chi connectivity index (χ0v) is 18.5. The van der Waals surface area contributed by atoms with Gasteiger partial charge >= 0.3 is 0 Å². The minimum absolute atomic E-state index is 0.0238. The summed E-state index contributed by atoms with van der Waals surface area (Å²) >= 11 is 0. The average molecular weight is 423 g/mol. The molecule has 0 amide bonds. The largest absolute Gasteiger partial charge is 0.496 e. The van der Waals surface area contributed by atoms with E-state index in [4.69, 9.17) is 14.7 Å². The number of aliphatic hydroxyl groups is 1. The Bertz CT molecular complexity index is 1220. The molecule has 4 nitrogen and oxygen atoms in total. The van der Waals surface area contributed by atoms with E-state index in [1.165, 1.54) is 0 Å². The Morgan fingerprint density at radius 1 is 0.750 bits per heavy atom. The molecule has 0 bridgehead atoms. The zero-order valence-electron chi connectivity index (χ0n) is 18.5. The highest BCUT2D eigenvalue weighted by Gasteiger charge is 2.04. The van der Waals surface area contributed by atoms with Gasteiger partial charge in [0.15, 0.2) is 0 Å². The molecule has 0 saturated carbocycles. The number of methoxy groups -OCH3 is 1. The Kier molecular flexibility index (Phi) is 6.43. The standard InChI is InChI=1S/C28H26N2O2/c1-19-10-12-21(14-23(19)18-31)16-29-26-8-4-7-25-24(26)6-5-9-27(25)30-17-22-13-11-20(2)28(15-22)32-3/h4-17,31H,18H2,1-3H3/b29-16-,30-17-. The Morgan fingerprint density at radius 2 is 1.31 bits per heavy atom. The van der Waals surface area contributed by atoms with E-state index in [1.54, 1.807) is 7.11 Å². The van der Waals surface area contributed by atoms with Gasteiger partial charge in [0.2, 0.25) is 0 Å². The molecule has 0 radical (unpaired) electrons. The lowest BCUT2D eigenvalue weighted by Gasteiger charge is -2.07. The topological polar surface area (TPSA) is 54.2 Å². The van der Waals surface area contributed by atoms with Crippen molar-refractivity contribution >= 4 is 34.6 Å². The fourth-order valence-corrected chi connectivity index (χ4v) is 3.65. The van der Waals surface area contributed by atoms with Crippen LogP contribution >= 0.6 is 0 Å². The molecule has 0 aromatic heterocycles. The van der Waals surface area contributed by atoms with Gasteiger partial charge in [0.05, 0.1) is 25.1 Å². The number of aliphatic hydroxyl groups excluding tert-OH is 1. The normalized spacial score (nSPS) is 11.6. The van der Waals surface area contributed by atoms with Crippen molar-refractivity contribution in [3.05, 3.63) is 101 Å². The van der Waals surface area contributed by atoms with Gasteiger partial charge in [-0.25, -0.2) is 0 Å². The number of ether oxygens (including phenoxy) is 1. The predicted octanol–water partition coefficient (Wildman–Crippen LogP) is 6.46. The first kappa shape index (κ1) is 21.5. The quantitative estimate of drug-likeness (QED) is 0.363. The van der Waals surface area contributed by atoms with Crippen LogP contribution in [0.5, 0.6) is 5.75 Å². The van der Waals surface area contributed by atoms with Crippen LogP contribution < -0.4 is 4.74 Å². The summed E-state index contributed by atoms with van der Waals surface area (Å²) in [5.41, 5.74) is 6.79. The molecule has 0 fully saturated rings. The predicted molar refractivity (Wildman–Crippen MR) is 133 cm³/mol. The molecule has 4 aromatic rings. The minimum atomic E-state index is 0.0238. The van der Waals surface area contributed by atoms with Crippen molar-refractivity contribution in [2.24, 2.45) is 9.98 Å². The van der Waals surface area contributed by atoms with Crippen molar-refractivity contribution in [3.8, 4) is 5.75 Å². The van der Waals surface area contributed by atoms with E-state index in [9.17, 15) is 5.11 Å². The Labute approximate surface area is 188 Å². The Balaban J connectivity index is 1.67. The molecule has 4 heteroatoms. The third kappa shape index (κ3) is 4.61. The molecule has 160 valence electrons. The summed E-state index contributed by atoms with van der Waals surface area (Å²) in [6, 6.07) is 24.2. The second-order valence-electron chi connectivity index (χ2n) is 7.74. The second kappa shape index (κ2) is 9.58. The molecule has 0 atom stereocenters. The lowest BCUT2D eigenvalue weighted by molar-refractivity contribution is 0.281. The second-order valence-corrected chi connectivity index (χ2v) is 7.74. The van der Waals surface area contributed by atoms with Crippen LogP contribution in [0.1, 0.15) is 27.8 Å². The summed E-state index contributed by atoms with van der Waals surface area (Å²) in [6.07, 6.45) is 3.69. The molecule has 32 heavy (non-hydrogen) atoms. The van der Waals surface area contributed by atoms with E-state index in [-0.39, 0.29) is 6.61 Å². The third-order valence-corrected chi connectivity index (χ3v) is 5.56. The number of aliphatic imine (C=N–C) groups is 2. The van der Waals surface area contributed by atoms with Crippen LogP contribution in [0.15, 0.2) is 82.8 Å². The zero-order chi connectivity index (χ0) is 22.5. The number of fused-ring (bicyclic) bond motifs is 1. The minimum Gasteiger partial charge on any atom is -0.496 e. The average Bonchev–Trinajstić information content (AvgIpc) is 2.83. The Hall–Kier alpha value is -3.76. The van der Waals surface area contributed by atoms with Crippen LogP contribution in [0.4, 0.5) is 11.4 Å². The van der Waals surface area contributed by atoms with Crippen LogP contribution in [0, 0.1) is 13.8 Å². The summed E-state index contributed by atoms with van der Waals surface area (Å²) in [5, 5.41) is 11.6. The van der Waals surface area contributed by atoms with Gasteiger partial charge in [0, 0.05) is 23.2 Å². The summed E-state index contributed by atoms with van der Waals surface area (Å²) in [7, 11) is 1.68. The van der Waals surface area contributed by atoms with E-state index >= 15 is 0 Å². The van der Waals surface area contributed by atoms with E-state index in [1.807, 2.05) is 86.9 Å². The first-order chi connectivity index (χ1) is 15.6. The maximum absolute atomic E-state index is 9.51. The maximum Gasteiger partial charge on any atom is 0.122 e. The van der Waals surface area contributed by atoms with Gasteiger partial charge in [-0.05, 0) is 65.9 Å². The monoisotopic (exact) mass is 422 g/mol. The number of hydrogen-bond donors (Lipinski definition) is 1. The van der Waals surface area contributed by atoms with Crippen molar-refractivity contribution in [1.82, 2.24) is 0 Å². The van der Waals surface area contributed by atoms with Gasteiger partial charge in [0.25, 0.3) is 0 Å². The number of rotatable bonds is 6. The Morgan fingerprint density at radius 3 is 1.88 bits per heavy atom. The van der Waals surface area contributed by atoms with E-state index in [0.29, 0.717) is 0 Å². The molecule has 0 heterocycles. The van der Waals surface area contributed by atoms with E-state index in [2.05, 4.69) is 12.1 Å². The van der Waals surface area contributed by atoms with Crippen LogP contribution in [-0.2, 0) is 6.61 Å². The van der Waals surface area contributed by atoms with Gasteiger partial charge in [-0.15, -0.1) is 0 Å². The molecule has 4 rings (SSSR count). The van der Waals surface area contributed by atoms with Gasteiger partial charge in [-0.2, -0.15) is 0 Å². The molecular weight excluding hydrogens is 396 g/mol. The molecule has 0 aliphatic rings. The molecule has 0 aliphatic carbocycles. The highest BCUT2D eigenvalue weighted by atomic mass is 16.5. The van der Waals surface area contributed by atoms with Crippen molar-refractivity contribution in [1.29, 1.82) is 0 Å². The van der Waals surface area contributed by atoms with E-state index in [0.717, 1.165) is 55.7 Å². The number of aryl methyl sites for hydroxylation is 2. The van der Waals surface area contributed by atoms with Gasteiger partial charge in [0.1, 0.15) is 5.75 Å². The number of nitrogens with zero attached hydrogens (tertiary/aromatic N) is 2. The lowest BCUT2D eigenvalue weighted by Crippen LogP contribution is -1.91. The van der Waals surface area contributed by atoms with Crippen molar-refractivity contribution in [2.45, 2.75) is 20.5 Å². The molecule has 0 spiro atoms. The van der Waals surface area contributed by atoms with E-state index < -0.39 is 0 Å². The molecule has 4 aromatic carbocycles. The summed E-state index contributed by atoms with van der Waals surface area (Å²) in [5.74, 6) is 0.851. The van der Waals surface area contributed by atoms with Crippen molar-refractivity contribution in [2.75, 3.05) is 7.11 Å². The first-order valence-electron chi connectivity index (χ1n) is 10.5. The lowest BCUT2D eigenvalue weighted by atomic mass is 10.1. The van der Waals surface area contributed by atoms with Gasteiger partial charge in [-0.3, -0.25) is 9.98 Å². The van der Waals surface area contributed by atoms with Crippen LogP contribution in [-0.4, -0.2) is 24.6 Å². The fraction of sp³-hybridized carbons (Fsp3) is 0.143. The fourth-order valence-electron chi connectivity index (χ4n) is 3.65. The van der Waals surface area contributed by atoms with Gasteiger partial charge < -0.3 is 9.84 Å². The van der Waals surface area contributed by atoms with Crippen molar-refractivity contribution < 1.29 is 9.84 Å². The van der Waals surface area contributed by atoms with Crippen molar-refractivity contribution in [3.63, 3.8) is 0 Å². The third-order valence-electron chi connectivity index (χ3n) is 5.56. The van der Waals surface area contributed by atoms with Crippen LogP contribution in [0.3, 0.4) is 0 Å². The molecule has 0 aliphatic heterocycles. The highest BCUT2D eigenvalue weighted by Crippen LogP contribution is 2.32. The SMILES string of the molecule is COc1cc(/C=N\c2cccc3c(/N=C\c4ccc(C)c(CO)c4)cccc23)ccc1C. The summed E-state index contributed by atoms with van der Waals surface area (Å²) in [4.78, 5) is 9.47. The van der Waals surface area contributed by atoms with Crippen LogP contribution in [0.25, 0.3) is 10.8 Å². The molecule has 0 saturated heterocycles.